The molecule has 2 heterocycles. The molecule has 1 aliphatic heterocycles. The van der Waals surface area contributed by atoms with Crippen LogP contribution >= 0.6 is 27.3 Å². The van der Waals surface area contributed by atoms with Gasteiger partial charge in [0.1, 0.15) is 0 Å². The molecule has 1 aromatic heterocycles. The van der Waals surface area contributed by atoms with E-state index >= 15 is 0 Å². The van der Waals surface area contributed by atoms with E-state index < -0.39 is 5.60 Å². The van der Waals surface area contributed by atoms with Crippen LogP contribution in [0.3, 0.4) is 0 Å². The summed E-state index contributed by atoms with van der Waals surface area (Å²) in [5.41, 5.74) is -0.408. The number of rotatable bonds is 3. The van der Waals surface area contributed by atoms with Crippen LogP contribution in [0.4, 0.5) is 0 Å². The van der Waals surface area contributed by atoms with Gasteiger partial charge in [0.2, 0.25) is 0 Å². The minimum Gasteiger partial charge on any atom is -0.387 e. The highest BCUT2D eigenvalue weighted by Crippen LogP contribution is 2.29. The van der Waals surface area contributed by atoms with E-state index in [9.17, 15) is 5.11 Å². The summed E-state index contributed by atoms with van der Waals surface area (Å²) >= 11 is 5.22. The van der Waals surface area contributed by atoms with Crippen molar-refractivity contribution in [1.82, 2.24) is 4.90 Å². The standard InChI is InChI=1S/C10H14BrNOS/c1-2-10(13)6-12(7-10)5-8-3-4-9(11)14-8/h3-4,13H,2,5-7H2,1H3. The number of hydrogen-bond acceptors (Lipinski definition) is 3. The molecule has 0 amide bonds. The Morgan fingerprint density at radius 3 is 2.79 bits per heavy atom. The average molecular weight is 276 g/mol. The zero-order valence-corrected chi connectivity index (χ0v) is 10.6. The lowest BCUT2D eigenvalue weighted by atomic mass is 9.91. The Hall–Kier alpha value is 0.1000. The summed E-state index contributed by atoms with van der Waals surface area (Å²) in [5.74, 6) is 0. The molecule has 1 saturated heterocycles. The Balaban J connectivity index is 1.85. The second-order valence-corrected chi connectivity index (χ2v) is 6.48. The van der Waals surface area contributed by atoms with Crippen molar-refractivity contribution in [1.29, 1.82) is 0 Å². The Morgan fingerprint density at radius 1 is 1.57 bits per heavy atom. The third-order valence-electron chi connectivity index (χ3n) is 2.70. The molecule has 78 valence electrons. The van der Waals surface area contributed by atoms with Gasteiger partial charge in [-0.05, 0) is 34.5 Å². The fraction of sp³-hybridized carbons (Fsp3) is 0.600. The molecular weight excluding hydrogens is 262 g/mol. The summed E-state index contributed by atoms with van der Waals surface area (Å²) in [5, 5.41) is 9.82. The first-order chi connectivity index (χ1) is 6.61. The SMILES string of the molecule is CCC1(O)CN(Cc2ccc(Br)s2)C1. The first kappa shape index (κ1) is 10.6. The van der Waals surface area contributed by atoms with E-state index in [0.717, 1.165) is 26.1 Å². The van der Waals surface area contributed by atoms with E-state index in [1.54, 1.807) is 11.3 Å². The maximum Gasteiger partial charge on any atom is 0.0897 e. The van der Waals surface area contributed by atoms with Gasteiger partial charge in [-0.25, -0.2) is 0 Å². The quantitative estimate of drug-likeness (QED) is 0.916. The van der Waals surface area contributed by atoms with Gasteiger partial charge in [0, 0.05) is 24.5 Å². The predicted octanol–water partition coefficient (Wildman–Crippen LogP) is 2.47. The highest BCUT2D eigenvalue weighted by Gasteiger charge is 2.39. The molecule has 1 aromatic rings. The topological polar surface area (TPSA) is 23.5 Å². The number of aliphatic hydroxyl groups is 1. The van der Waals surface area contributed by atoms with E-state index in [1.807, 2.05) is 6.92 Å². The summed E-state index contributed by atoms with van der Waals surface area (Å²) in [6, 6.07) is 4.21. The second kappa shape index (κ2) is 3.93. The van der Waals surface area contributed by atoms with Gasteiger partial charge in [-0.2, -0.15) is 0 Å². The molecule has 2 rings (SSSR count). The highest BCUT2D eigenvalue weighted by atomic mass is 79.9. The van der Waals surface area contributed by atoms with Crippen LogP contribution < -0.4 is 0 Å². The molecule has 0 atom stereocenters. The minimum absolute atomic E-state index is 0.408. The van der Waals surface area contributed by atoms with Crippen molar-refractivity contribution in [3.8, 4) is 0 Å². The second-order valence-electron chi connectivity index (χ2n) is 3.93. The van der Waals surface area contributed by atoms with Crippen LogP contribution in [0.5, 0.6) is 0 Å². The van der Waals surface area contributed by atoms with Crippen molar-refractivity contribution in [3.05, 3.63) is 20.8 Å². The van der Waals surface area contributed by atoms with Crippen LogP contribution in [0.15, 0.2) is 15.9 Å². The molecule has 4 heteroatoms. The fourth-order valence-electron chi connectivity index (χ4n) is 1.78. The normalized spacial score (nSPS) is 20.8. The van der Waals surface area contributed by atoms with Crippen LogP contribution in [0, 0.1) is 0 Å². The lowest BCUT2D eigenvalue weighted by Crippen LogP contribution is -2.60. The summed E-state index contributed by atoms with van der Waals surface area (Å²) < 4.78 is 1.18. The van der Waals surface area contributed by atoms with Crippen molar-refractivity contribution < 1.29 is 5.11 Å². The summed E-state index contributed by atoms with van der Waals surface area (Å²) in [7, 11) is 0. The number of halogens is 1. The van der Waals surface area contributed by atoms with Gasteiger partial charge in [0.05, 0.1) is 9.39 Å². The number of hydrogen-bond donors (Lipinski definition) is 1. The van der Waals surface area contributed by atoms with Crippen molar-refractivity contribution in [2.45, 2.75) is 25.5 Å². The molecule has 0 spiro atoms. The summed E-state index contributed by atoms with van der Waals surface area (Å²) in [6.45, 7) is 4.65. The molecule has 1 aliphatic rings. The van der Waals surface area contributed by atoms with Crippen molar-refractivity contribution in [3.63, 3.8) is 0 Å². The largest absolute Gasteiger partial charge is 0.387 e. The van der Waals surface area contributed by atoms with E-state index in [1.165, 1.54) is 8.66 Å². The predicted molar refractivity (Wildman–Crippen MR) is 62.5 cm³/mol. The first-order valence-electron chi connectivity index (χ1n) is 4.80. The third-order valence-corrected chi connectivity index (χ3v) is 4.31. The Morgan fingerprint density at radius 2 is 2.29 bits per heavy atom. The molecule has 1 fully saturated rings. The zero-order chi connectivity index (χ0) is 10.2. The maximum absolute atomic E-state index is 9.82. The van der Waals surface area contributed by atoms with Crippen molar-refractivity contribution in [2.75, 3.05) is 13.1 Å². The minimum atomic E-state index is -0.408. The van der Waals surface area contributed by atoms with Crippen LogP contribution in [0.1, 0.15) is 18.2 Å². The van der Waals surface area contributed by atoms with Gasteiger partial charge in [0.15, 0.2) is 0 Å². The van der Waals surface area contributed by atoms with Crippen molar-refractivity contribution >= 4 is 27.3 Å². The lowest BCUT2D eigenvalue weighted by molar-refractivity contribution is -0.103. The molecule has 0 saturated carbocycles. The fourth-order valence-corrected chi connectivity index (χ4v) is 3.30. The maximum atomic E-state index is 9.82. The Kier molecular flexibility index (Phi) is 2.98. The summed E-state index contributed by atoms with van der Waals surface area (Å²) in [6.07, 6.45) is 0.859. The Labute approximate surface area is 96.7 Å². The number of nitrogens with zero attached hydrogens (tertiary/aromatic N) is 1. The van der Waals surface area contributed by atoms with Crippen LogP contribution in [-0.2, 0) is 6.54 Å². The Bertz CT molecular complexity index is 320. The monoisotopic (exact) mass is 275 g/mol. The molecular formula is C10H14BrNOS. The first-order valence-corrected chi connectivity index (χ1v) is 6.41. The molecule has 0 aromatic carbocycles. The average Bonchev–Trinajstić information content (AvgIpc) is 2.48. The van der Waals surface area contributed by atoms with E-state index in [2.05, 4.69) is 33.0 Å². The zero-order valence-electron chi connectivity index (χ0n) is 8.16. The highest BCUT2D eigenvalue weighted by molar-refractivity contribution is 9.11. The van der Waals surface area contributed by atoms with E-state index in [4.69, 9.17) is 0 Å². The number of thiophene rings is 1. The lowest BCUT2D eigenvalue weighted by Gasteiger charge is -2.46. The van der Waals surface area contributed by atoms with E-state index in [0.29, 0.717) is 0 Å². The van der Waals surface area contributed by atoms with E-state index in [-0.39, 0.29) is 0 Å². The number of β-amino-alcohol motifs (C(OH)–C–C–N with tert-alkyl or cyclic N) is 1. The van der Waals surface area contributed by atoms with Gasteiger partial charge in [-0.15, -0.1) is 11.3 Å². The van der Waals surface area contributed by atoms with Crippen LogP contribution in [0.25, 0.3) is 0 Å². The van der Waals surface area contributed by atoms with Gasteiger partial charge < -0.3 is 5.11 Å². The van der Waals surface area contributed by atoms with Crippen LogP contribution in [0.2, 0.25) is 0 Å². The summed E-state index contributed by atoms with van der Waals surface area (Å²) in [4.78, 5) is 3.64. The third kappa shape index (κ3) is 2.19. The molecule has 0 aliphatic carbocycles. The van der Waals surface area contributed by atoms with Gasteiger partial charge in [0.25, 0.3) is 0 Å². The molecule has 14 heavy (non-hydrogen) atoms. The number of likely N-dealkylation sites (tertiary alicyclic amines) is 1. The molecule has 0 bridgehead atoms. The molecule has 1 N–H and O–H groups in total. The molecule has 0 radical (unpaired) electrons. The molecule has 0 unspecified atom stereocenters. The smallest absolute Gasteiger partial charge is 0.0897 e. The molecule has 2 nitrogen and oxygen atoms in total. The van der Waals surface area contributed by atoms with Crippen LogP contribution in [-0.4, -0.2) is 28.7 Å². The van der Waals surface area contributed by atoms with Crippen molar-refractivity contribution in [2.24, 2.45) is 0 Å². The van der Waals surface area contributed by atoms with Gasteiger partial charge in [-0.3, -0.25) is 4.90 Å². The van der Waals surface area contributed by atoms with Gasteiger partial charge in [-0.1, -0.05) is 6.92 Å². The van der Waals surface area contributed by atoms with Gasteiger partial charge >= 0.3 is 0 Å².